The number of nitro groups is 1. The van der Waals surface area contributed by atoms with Crippen molar-refractivity contribution < 1.29 is 9.72 Å². The lowest BCUT2D eigenvalue weighted by Crippen LogP contribution is -2.35. The van der Waals surface area contributed by atoms with E-state index in [2.05, 4.69) is 10.4 Å². The van der Waals surface area contributed by atoms with Crippen molar-refractivity contribution in [3.05, 3.63) is 105 Å². The molecule has 8 nitrogen and oxygen atoms in total. The first-order valence-electron chi connectivity index (χ1n) is 9.13. The number of rotatable bonds is 5. The number of aromatic nitrogens is 2. The van der Waals surface area contributed by atoms with Gasteiger partial charge in [0.1, 0.15) is 0 Å². The first-order valence-corrected chi connectivity index (χ1v) is 9.13. The van der Waals surface area contributed by atoms with Crippen LogP contribution in [0.1, 0.15) is 5.56 Å². The lowest BCUT2D eigenvalue weighted by Gasteiger charge is -2.14. The second kappa shape index (κ2) is 7.96. The number of carbonyl (C=O) groups excluding carboxylic acids is 1. The fourth-order valence-electron chi connectivity index (χ4n) is 3.11. The van der Waals surface area contributed by atoms with Crippen LogP contribution in [0, 0.1) is 10.1 Å². The molecule has 0 aliphatic carbocycles. The van der Waals surface area contributed by atoms with Gasteiger partial charge in [-0.15, -0.1) is 0 Å². The van der Waals surface area contributed by atoms with Crippen molar-refractivity contribution in [3.8, 4) is 11.4 Å². The fraction of sp³-hybridized carbons (Fsp3) is 0.0455. The second-order valence-corrected chi connectivity index (χ2v) is 6.59. The van der Waals surface area contributed by atoms with E-state index >= 15 is 0 Å². The summed E-state index contributed by atoms with van der Waals surface area (Å²) in [5.74, 6) is -0.196. The molecule has 0 saturated carbocycles. The number of hydrogen-bond donors (Lipinski definition) is 1. The molecule has 1 heterocycles. The van der Waals surface area contributed by atoms with E-state index in [0.717, 1.165) is 10.2 Å². The molecular formula is C22H16N4O4. The standard InChI is InChI=1S/C22H16N4O4/c27-20(14-15-6-2-1-3-7-15)24-25-21(16-10-12-17(13-11-16)26(29)30)23-19-9-5-4-8-18(19)22(25)28/h1-13H,14H2,(H,24,27). The van der Waals surface area contributed by atoms with Crippen LogP contribution in [0.25, 0.3) is 22.3 Å². The van der Waals surface area contributed by atoms with Gasteiger partial charge in [0.15, 0.2) is 5.82 Å². The number of carbonyl (C=O) groups is 1. The molecule has 0 saturated heterocycles. The molecule has 148 valence electrons. The van der Waals surface area contributed by atoms with E-state index in [1.807, 2.05) is 30.3 Å². The molecule has 4 aromatic rings. The Bertz CT molecular complexity index is 1300. The van der Waals surface area contributed by atoms with Gasteiger partial charge in [-0.1, -0.05) is 42.5 Å². The smallest absolute Gasteiger partial charge is 0.273 e. The Morgan fingerprint density at radius 1 is 0.967 bits per heavy atom. The molecule has 0 bridgehead atoms. The van der Waals surface area contributed by atoms with Crippen molar-refractivity contribution >= 4 is 22.5 Å². The maximum absolute atomic E-state index is 13.1. The normalized spacial score (nSPS) is 10.7. The van der Waals surface area contributed by atoms with Crippen molar-refractivity contribution in [2.45, 2.75) is 6.42 Å². The minimum Gasteiger partial charge on any atom is -0.273 e. The van der Waals surface area contributed by atoms with E-state index in [4.69, 9.17) is 0 Å². The maximum Gasteiger partial charge on any atom is 0.280 e. The maximum atomic E-state index is 13.1. The minimum absolute atomic E-state index is 0.0819. The molecular weight excluding hydrogens is 384 g/mol. The van der Waals surface area contributed by atoms with Crippen molar-refractivity contribution in [1.29, 1.82) is 0 Å². The van der Waals surface area contributed by atoms with E-state index in [1.165, 1.54) is 24.3 Å². The van der Waals surface area contributed by atoms with E-state index in [0.29, 0.717) is 16.5 Å². The van der Waals surface area contributed by atoms with Crippen LogP contribution in [0.5, 0.6) is 0 Å². The van der Waals surface area contributed by atoms with Gasteiger partial charge in [-0.25, -0.2) is 4.98 Å². The average molecular weight is 400 g/mol. The van der Waals surface area contributed by atoms with Crippen molar-refractivity contribution in [2.24, 2.45) is 0 Å². The largest absolute Gasteiger partial charge is 0.280 e. The van der Waals surface area contributed by atoms with Crippen LogP contribution in [0.4, 0.5) is 5.69 Å². The lowest BCUT2D eigenvalue weighted by atomic mass is 10.1. The van der Waals surface area contributed by atoms with E-state index in [-0.39, 0.29) is 23.8 Å². The van der Waals surface area contributed by atoms with Crippen LogP contribution in [0.2, 0.25) is 0 Å². The third-order valence-corrected chi connectivity index (χ3v) is 4.56. The number of fused-ring (bicyclic) bond motifs is 1. The highest BCUT2D eigenvalue weighted by atomic mass is 16.6. The number of hydrogen-bond acceptors (Lipinski definition) is 5. The highest BCUT2D eigenvalue weighted by Gasteiger charge is 2.16. The summed E-state index contributed by atoms with van der Waals surface area (Å²) in [6, 6.07) is 21.6. The number of nitrogens with one attached hydrogen (secondary N) is 1. The third kappa shape index (κ3) is 3.79. The van der Waals surface area contributed by atoms with Crippen LogP contribution in [-0.4, -0.2) is 20.5 Å². The summed E-state index contributed by atoms with van der Waals surface area (Å²) in [5, 5.41) is 11.3. The Labute approximate surface area is 170 Å². The van der Waals surface area contributed by atoms with Crippen molar-refractivity contribution in [3.63, 3.8) is 0 Å². The van der Waals surface area contributed by atoms with Crippen LogP contribution in [-0.2, 0) is 11.2 Å². The number of benzene rings is 3. The zero-order chi connectivity index (χ0) is 21.1. The third-order valence-electron chi connectivity index (χ3n) is 4.56. The number of para-hydroxylation sites is 1. The Morgan fingerprint density at radius 3 is 2.33 bits per heavy atom. The number of non-ortho nitro benzene ring substituents is 1. The molecule has 1 amide bonds. The van der Waals surface area contributed by atoms with Gasteiger partial charge in [0, 0.05) is 17.7 Å². The first-order chi connectivity index (χ1) is 14.5. The minimum atomic E-state index is -0.508. The zero-order valence-electron chi connectivity index (χ0n) is 15.7. The summed E-state index contributed by atoms with van der Waals surface area (Å²) in [7, 11) is 0. The molecule has 0 aliphatic heterocycles. The van der Waals surface area contributed by atoms with Crippen LogP contribution >= 0.6 is 0 Å². The Kier molecular flexibility index (Phi) is 5.04. The topological polar surface area (TPSA) is 107 Å². The molecule has 30 heavy (non-hydrogen) atoms. The molecule has 4 rings (SSSR count). The highest BCUT2D eigenvalue weighted by molar-refractivity contribution is 5.87. The molecule has 8 heteroatoms. The summed E-state index contributed by atoms with van der Waals surface area (Å²) < 4.78 is 1.09. The predicted octanol–water partition coefficient (Wildman–Crippen LogP) is 3.28. The summed E-state index contributed by atoms with van der Waals surface area (Å²) in [6.45, 7) is 0. The SMILES string of the molecule is O=C(Cc1ccccc1)Nn1c(-c2ccc([N+](=O)[O-])cc2)nc2ccccc2c1=O. The number of nitrogens with zero attached hydrogens (tertiary/aromatic N) is 3. The molecule has 0 radical (unpaired) electrons. The molecule has 0 fully saturated rings. The molecule has 3 aromatic carbocycles. The van der Waals surface area contributed by atoms with E-state index in [9.17, 15) is 19.7 Å². The van der Waals surface area contributed by atoms with Gasteiger partial charge in [-0.3, -0.25) is 25.1 Å². The monoisotopic (exact) mass is 400 g/mol. The van der Waals surface area contributed by atoms with Gasteiger partial charge in [0.25, 0.3) is 11.2 Å². The van der Waals surface area contributed by atoms with Crippen molar-refractivity contribution in [2.75, 3.05) is 5.43 Å². The number of amides is 1. The summed E-state index contributed by atoms with van der Waals surface area (Å²) in [4.78, 5) is 40.6. The quantitative estimate of drug-likeness (QED) is 0.409. The van der Waals surface area contributed by atoms with Crippen molar-refractivity contribution in [1.82, 2.24) is 9.66 Å². The Hall–Kier alpha value is -4.33. The van der Waals surface area contributed by atoms with Gasteiger partial charge in [-0.2, -0.15) is 4.68 Å². The van der Waals surface area contributed by atoms with Crippen LogP contribution in [0.3, 0.4) is 0 Å². The van der Waals surface area contributed by atoms with Gasteiger partial charge in [0.2, 0.25) is 5.91 Å². The van der Waals surface area contributed by atoms with Crippen LogP contribution < -0.4 is 11.0 Å². The molecule has 0 atom stereocenters. The lowest BCUT2D eigenvalue weighted by molar-refractivity contribution is -0.384. The second-order valence-electron chi connectivity index (χ2n) is 6.59. The molecule has 0 unspecified atom stereocenters. The summed E-state index contributed by atoms with van der Waals surface area (Å²) >= 11 is 0. The van der Waals surface area contributed by atoms with Gasteiger partial charge >= 0.3 is 0 Å². The molecule has 1 N–H and O–H groups in total. The summed E-state index contributed by atoms with van der Waals surface area (Å²) in [6.07, 6.45) is 0.0831. The van der Waals surface area contributed by atoms with Crippen LogP contribution in [0.15, 0.2) is 83.7 Å². The first kappa shape index (κ1) is 19.0. The Morgan fingerprint density at radius 2 is 1.63 bits per heavy atom. The zero-order valence-corrected chi connectivity index (χ0v) is 15.7. The highest BCUT2D eigenvalue weighted by Crippen LogP contribution is 2.21. The number of nitro benzene ring substituents is 1. The van der Waals surface area contributed by atoms with Gasteiger partial charge < -0.3 is 0 Å². The van der Waals surface area contributed by atoms with E-state index < -0.39 is 10.5 Å². The molecule has 1 aromatic heterocycles. The summed E-state index contributed by atoms with van der Waals surface area (Å²) in [5.41, 5.74) is 3.83. The average Bonchev–Trinajstić information content (AvgIpc) is 2.76. The fourth-order valence-corrected chi connectivity index (χ4v) is 3.11. The predicted molar refractivity (Wildman–Crippen MR) is 113 cm³/mol. The van der Waals surface area contributed by atoms with Gasteiger partial charge in [0.05, 0.1) is 22.2 Å². The van der Waals surface area contributed by atoms with Gasteiger partial charge in [-0.05, 0) is 29.8 Å². The molecule has 0 spiro atoms. The Balaban J connectivity index is 1.79. The van der Waals surface area contributed by atoms with E-state index in [1.54, 1.807) is 24.3 Å². The molecule has 0 aliphatic rings.